The molecule has 5 aromatic rings. The number of nitrogens with one attached hydrogen (secondary N) is 1. The first-order valence-electron chi connectivity index (χ1n) is 14.4. The maximum atomic E-state index is 13.1. The average molecular weight is 588 g/mol. The molecule has 0 bridgehead atoms. The number of benzene rings is 2. The summed E-state index contributed by atoms with van der Waals surface area (Å²) < 4.78 is 9.13. The van der Waals surface area contributed by atoms with E-state index in [4.69, 9.17) is 4.43 Å². The quantitative estimate of drug-likeness (QED) is 0.156. The zero-order valence-electron chi connectivity index (χ0n) is 24.4. The Morgan fingerprint density at radius 2 is 1.47 bits per heavy atom. The number of nitrogens with zero attached hydrogens (tertiary/aromatic N) is 4. The van der Waals surface area contributed by atoms with Crippen molar-refractivity contribution >= 4 is 52.7 Å². The minimum absolute atomic E-state index is 0.114. The molecule has 9 heteroatoms. The maximum Gasteiger partial charge on any atom is 0.261 e. The van der Waals surface area contributed by atoms with Gasteiger partial charge >= 0.3 is 0 Å². The molecule has 3 aromatic heterocycles. The topological polar surface area (TPSA) is 99.0 Å². The molecule has 2 amide bonds. The van der Waals surface area contributed by atoms with E-state index in [1.807, 2.05) is 35.0 Å². The monoisotopic (exact) mass is 587 g/mol. The van der Waals surface area contributed by atoms with Crippen molar-refractivity contribution in [3.8, 4) is 0 Å². The molecule has 0 unspecified atom stereocenters. The third-order valence-electron chi connectivity index (χ3n) is 7.96. The van der Waals surface area contributed by atoms with E-state index in [0.717, 1.165) is 17.5 Å². The summed E-state index contributed by atoms with van der Waals surface area (Å²) >= 11 is 0. The van der Waals surface area contributed by atoms with Crippen LogP contribution >= 0.6 is 0 Å². The SMILES string of the molecule is CC(C)(C)[Si](OCCCn1cc(C2=C(c3cncnc3)C(=O)NC2=O)c2cccnc21)(c1ccccc1)c1ccccc1. The molecule has 216 valence electrons. The highest BCUT2D eigenvalue weighted by atomic mass is 28.4. The van der Waals surface area contributed by atoms with E-state index in [0.29, 0.717) is 29.9 Å². The fraction of sp³-hybridized carbons (Fsp3) is 0.206. The van der Waals surface area contributed by atoms with Crippen LogP contribution in [0.15, 0.2) is 104 Å². The molecule has 43 heavy (non-hydrogen) atoms. The largest absolute Gasteiger partial charge is 0.407 e. The molecule has 0 atom stereocenters. The van der Waals surface area contributed by atoms with Gasteiger partial charge in [-0.05, 0) is 34.0 Å². The number of aryl methyl sites for hydroxylation is 1. The van der Waals surface area contributed by atoms with Crippen LogP contribution in [0.2, 0.25) is 5.04 Å². The highest BCUT2D eigenvalue weighted by Crippen LogP contribution is 2.37. The van der Waals surface area contributed by atoms with Crippen LogP contribution in [0, 0.1) is 0 Å². The molecule has 0 aliphatic carbocycles. The molecule has 1 aliphatic rings. The molecular weight excluding hydrogens is 554 g/mol. The van der Waals surface area contributed by atoms with Crippen LogP contribution in [-0.2, 0) is 20.6 Å². The standard InChI is InChI=1S/C34H33N5O3Si/c1-34(2,3)43(25-12-6-4-7-13-25,26-14-8-5-9-15-26)42-19-11-18-39-22-28(27-16-10-17-37-31(27)39)30-29(32(40)38-33(30)41)24-20-35-23-36-21-24/h4-10,12-17,20-23H,11,18-19H2,1-3H3,(H,38,40,41). The van der Waals surface area contributed by atoms with Gasteiger partial charge in [-0.2, -0.15) is 0 Å². The second-order valence-electron chi connectivity index (χ2n) is 11.6. The molecule has 2 aromatic carbocycles. The molecule has 1 aliphatic heterocycles. The van der Waals surface area contributed by atoms with Gasteiger partial charge in [-0.15, -0.1) is 0 Å². The van der Waals surface area contributed by atoms with Crippen LogP contribution in [0.25, 0.3) is 22.2 Å². The zero-order chi connectivity index (χ0) is 30.0. The Hall–Kier alpha value is -4.73. The van der Waals surface area contributed by atoms with Crippen molar-refractivity contribution in [2.75, 3.05) is 6.61 Å². The van der Waals surface area contributed by atoms with Crippen molar-refractivity contribution in [2.24, 2.45) is 0 Å². The van der Waals surface area contributed by atoms with Crippen LogP contribution in [-0.4, -0.2) is 46.3 Å². The number of fused-ring (bicyclic) bond motifs is 1. The van der Waals surface area contributed by atoms with Crippen LogP contribution in [0.4, 0.5) is 0 Å². The van der Waals surface area contributed by atoms with E-state index in [1.165, 1.54) is 16.7 Å². The smallest absolute Gasteiger partial charge is 0.261 e. The summed E-state index contributed by atoms with van der Waals surface area (Å²) in [5.41, 5.74) is 2.46. The summed E-state index contributed by atoms with van der Waals surface area (Å²) in [4.78, 5) is 38.7. The lowest BCUT2D eigenvalue weighted by Crippen LogP contribution is -2.66. The van der Waals surface area contributed by atoms with Gasteiger partial charge < -0.3 is 8.99 Å². The van der Waals surface area contributed by atoms with Crippen LogP contribution in [0.3, 0.4) is 0 Å². The second kappa shape index (κ2) is 11.5. The first-order valence-corrected chi connectivity index (χ1v) is 16.3. The number of pyridine rings is 1. The Kier molecular flexibility index (Phi) is 7.60. The fourth-order valence-electron chi connectivity index (χ4n) is 6.13. The minimum Gasteiger partial charge on any atom is -0.407 e. The number of hydrogen-bond donors (Lipinski definition) is 1. The van der Waals surface area contributed by atoms with Gasteiger partial charge in [-0.1, -0.05) is 81.4 Å². The number of aromatic nitrogens is 4. The molecule has 4 heterocycles. The zero-order valence-corrected chi connectivity index (χ0v) is 25.4. The second-order valence-corrected chi connectivity index (χ2v) is 15.9. The van der Waals surface area contributed by atoms with Crippen molar-refractivity contribution in [3.63, 3.8) is 0 Å². The Bertz CT molecular complexity index is 1770. The third-order valence-corrected chi connectivity index (χ3v) is 13.0. The summed E-state index contributed by atoms with van der Waals surface area (Å²) in [5, 5.41) is 5.61. The van der Waals surface area contributed by atoms with E-state index in [9.17, 15) is 9.59 Å². The first kappa shape index (κ1) is 28.4. The Balaban J connectivity index is 1.33. The van der Waals surface area contributed by atoms with Gasteiger partial charge in [0.1, 0.15) is 12.0 Å². The van der Waals surface area contributed by atoms with Gasteiger partial charge in [0.25, 0.3) is 20.1 Å². The number of hydrogen-bond acceptors (Lipinski definition) is 6. The normalized spacial score (nSPS) is 14.0. The van der Waals surface area contributed by atoms with Crippen molar-refractivity contribution in [3.05, 3.63) is 115 Å². The van der Waals surface area contributed by atoms with Crippen LogP contribution in [0.1, 0.15) is 38.3 Å². The van der Waals surface area contributed by atoms with Gasteiger partial charge in [0, 0.05) is 54.5 Å². The Morgan fingerprint density at radius 3 is 2.09 bits per heavy atom. The number of amides is 2. The molecule has 6 rings (SSSR count). The highest BCUT2D eigenvalue weighted by Gasteiger charge is 2.50. The Labute approximate surface area is 251 Å². The predicted octanol–water partition coefficient (Wildman–Crippen LogP) is 4.36. The van der Waals surface area contributed by atoms with E-state index in [-0.39, 0.29) is 10.6 Å². The lowest BCUT2D eigenvalue weighted by molar-refractivity contribution is -0.122. The highest BCUT2D eigenvalue weighted by molar-refractivity contribution is 6.99. The van der Waals surface area contributed by atoms with Crippen molar-refractivity contribution in [2.45, 2.75) is 38.8 Å². The van der Waals surface area contributed by atoms with Gasteiger partial charge in [0.15, 0.2) is 0 Å². The van der Waals surface area contributed by atoms with Crippen molar-refractivity contribution in [1.82, 2.24) is 24.8 Å². The van der Waals surface area contributed by atoms with Gasteiger partial charge in [-0.25, -0.2) is 15.0 Å². The fourth-order valence-corrected chi connectivity index (χ4v) is 10.7. The molecule has 0 saturated carbocycles. The summed E-state index contributed by atoms with van der Waals surface area (Å²) in [5.74, 6) is -0.903. The average Bonchev–Trinajstić information content (AvgIpc) is 3.53. The number of carbonyl (C=O) groups excluding carboxylic acids is 2. The lowest BCUT2D eigenvalue weighted by atomic mass is 9.98. The number of rotatable bonds is 9. The van der Waals surface area contributed by atoms with Crippen molar-refractivity contribution in [1.29, 1.82) is 0 Å². The van der Waals surface area contributed by atoms with Crippen molar-refractivity contribution < 1.29 is 14.0 Å². The molecule has 0 fully saturated rings. The lowest BCUT2D eigenvalue weighted by Gasteiger charge is -2.43. The molecule has 8 nitrogen and oxygen atoms in total. The summed E-state index contributed by atoms with van der Waals surface area (Å²) in [6.45, 7) is 7.98. The van der Waals surface area contributed by atoms with Gasteiger partial charge in [0.05, 0.1) is 11.1 Å². The molecule has 1 N–H and O–H groups in total. The van der Waals surface area contributed by atoms with E-state index in [1.54, 1.807) is 18.6 Å². The van der Waals surface area contributed by atoms with E-state index in [2.05, 4.69) is 89.6 Å². The molecule has 0 spiro atoms. The Morgan fingerprint density at radius 1 is 0.837 bits per heavy atom. The van der Waals surface area contributed by atoms with E-state index >= 15 is 0 Å². The van der Waals surface area contributed by atoms with Crippen LogP contribution < -0.4 is 15.7 Å². The maximum absolute atomic E-state index is 13.1. The van der Waals surface area contributed by atoms with E-state index < -0.39 is 20.1 Å². The summed E-state index contributed by atoms with van der Waals surface area (Å²) in [7, 11) is -2.66. The summed E-state index contributed by atoms with van der Waals surface area (Å²) in [6.07, 6.45) is 8.86. The molecular formula is C34H33N5O3Si. The molecule has 0 radical (unpaired) electrons. The summed E-state index contributed by atoms with van der Waals surface area (Å²) in [6, 6.07) is 25.0. The van der Waals surface area contributed by atoms with Crippen LogP contribution in [0.5, 0.6) is 0 Å². The first-order chi connectivity index (χ1) is 20.8. The molecule has 0 saturated heterocycles. The minimum atomic E-state index is -2.66. The third kappa shape index (κ3) is 5.11. The number of imide groups is 1. The number of carbonyl (C=O) groups is 2. The predicted molar refractivity (Wildman–Crippen MR) is 170 cm³/mol. The van der Waals surface area contributed by atoms with Gasteiger partial charge in [-0.3, -0.25) is 14.9 Å². The van der Waals surface area contributed by atoms with Gasteiger partial charge in [0.2, 0.25) is 0 Å².